The maximum absolute atomic E-state index is 12.0. The van der Waals surface area contributed by atoms with Gasteiger partial charge in [0.2, 0.25) is 0 Å². The number of hydrogen-bond donors (Lipinski definition) is 0. The van der Waals surface area contributed by atoms with E-state index in [1.165, 1.54) is 0 Å². The number of piperidine rings is 1. The van der Waals surface area contributed by atoms with Crippen molar-refractivity contribution in [3.63, 3.8) is 0 Å². The molecule has 92 valence electrons. The van der Waals surface area contributed by atoms with Gasteiger partial charge in [0.15, 0.2) is 5.78 Å². The first-order valence-electron chi connectivity index (χ1n) is 5.66. The van der Waals surface area contributed by atoms with Gasteiger partial charge in [-0.2, -0.15) is 0 Å². The van der Waals surface area contributed by atoms with E-state index in [0.717, 1.165) is 24.3 Å². The van der Waals surface area contributed by atoms with E-state index in [4.69, 9.17) is 16.3 Å². The zero-order valence-corrected chi connectivity index (χ0v) is 10.8. The summed E-state index contributed by atoms with van der Waals surface area (Å²) in [6, 6.07) is 5.45. The first-order chi connectivity index (χ1) is 8.11. The molecule has 1 aliphatic heterocycles. The normalized spacial score (nSPS) is 21.6. The zero-order valence-electron chi connectivity index (χ0n) is 10.1. The highest BCUT2D eigenvalue weighted by Crippen LogP contribution is 2.33. The fourth-order valence-electron chi connectivity index (χ4n) is 2.27. The Morgan fingerprint density at radius 1 is 1.47 bits per heavy atom. The number of nitrogens with zero attached hydrogens (tertiary/aromatic N) is 1. The van der Waals surface area contributed by atoms with Crippen molar-refractivity contribution in [2.24, 2.45) is 0 Å². The zero-order chi connectivity index (χ0) is 12.4. The summed E-state index contributed by atoms with van der Waals surface area (Å²) in [6.45, 7) is 1.42. The van der Waals surface area contributed by atoms with Crippen molar-refractivity contribution < 1.29 is 9.53 Å². The maximum atomic E-state index is 12.0. The summed E-state index contributed by atoms with van der Waals surface area (Å²) < 4.78 is 5.30. The van der Waals surface area contributed by atoms with Gasteiger partial charge in [-0.15, -0.1) is 0 Å². The van der Waals surface area contributed by atoms with Gasteiger partial charge in [0.05, 0.1) is 13.7 Å². The number of Topliss-reactive ketones (excluding diaryl/α,β-unsaturated/α-hetero) is 1. The van der Waals surface area contributed by atoms with Crippen molar-refractivity contribution >= 4 is 17.4 Å². The molecule has 1 heterocycles. The number of benzene rings is 1. The Kier molecular flexibility index (Phi) is 3.69. The van der Waals surface area contributed by atoms with Crippen LogP contribution in [0, 0.1) is 0 Å². The highest BCUT2D eigenvalue weighted by atomic mass is 35.5. The molecule has 0 saturated carbocycles. The number of ether oxygens (including phenoxy) is 1. The van der Waals surface area contributed by atoms with Crippen molar-refractivity contribution in [2.75, 3.05) is 27.2 Å². The molecule has 4 heteroatoms. The molecule has 0 amide bonds. The number of likely N-dealkylation sites (tertiary alicyclic amines) is 1. The Bertz CT molecular complexity index is 433. The van der Waals surface area contributed by atoms with Gasteiger partial charge in [0.1, 0.15) is 5.75 Å². The molecule has 0 spiro atoms. The highest BCUT2D eigenvalue weighted by Gasteiger charge is 2.28. The molecule has 0 aromatic heterocycles. The molecule has 1 unspecified atom stereocenters. The van der Waals surface area contributed by atoms with Gasteiger partial charge >= 0.3 is 0 Å². The molecule has 0 aliphatic carbocycles. The number of likely N-dealkylation sites (N-methyl/N-ethyl adjacent to an activating group) is 1. The molecule has 0 N–H and O–H groups in total. The number of ketones is 1. The fraction of sp³-hybridized carbons (Fsp3) is 0.462. The van der Waals surface area contributed by atoms with Gasteiger partial charge in [-0.1, -0.05) is 11.6 Å². The van der Waals surface area contributed by atoms with Crippen molar-refractivity contribution in [3.8, 4) is 5.75 Å². The number of methoxy groups -OCH3 is 1. The maximum Gasteiger partial charge on any atom is 0.154 e. The van der Waals surface area contributed by atoms with Gasteiger partial charge in [-0.25, -0.2) is 0 Å². The second kappa shape index (κ2) is 5.07. The van der Waals surface area contributed by atoms with E-state index in [1.807, 2.05) is 24.1 Å². The topological polar surface area (TPSA) is 29.5 Å². The lowest BCUT2D eigenvalue weighted by Crippen LogP contribution is -2.37. The van der Waals surface area contributed by atoms with E-state index < -0.39 is 0 Å². The molecular weight excluding hydrogens is 238 g/mol. The predicted molar refractivity (Wildman–Crippen MR) is 67.9 cm³/mol. The van der Waals surface area contributed by atoms with Crippen LogP contribution in [-0.4, -0.2) is 37.9 Å². The van der Waals surface area contributed by atoms with Gasteiger partial charge in [-0.05, 0) is 38.2 Å². The quantitative estimate of drug-likeness (QED) is 0.810. The molecule has 0 radical (unpaired) electrons. The van der Waals surface area contributed by atoms with E-state index in [-0.39, 0.29) is 11.7 Å². The van der Waals surface area contributed by atoms with E-state index >= 15 is 0 Å². The van der Waals surface area contributed by atoms with Crippen LogP contribution in [-0.2, 0) is 4.79 Å². The van der Waals surface area contributed by atoms with Crippen LogP contribution in [0.2, 0.25) is 5.02 Å². The number of carbonyl (C=O) groups excluding carboxylic acids is 1. The van der Waals surface area contributed by atoms with Crippen LogP contribution in [0.1, 0.15) is 17.9 Å². The third kappa shape index (κ3) is 2.61. The van der Waals surface area contributed by atoms with E-state index in [1.54, 1.807) is 13.2 Å². The van der Waals surface area contributed by atoms with Crippen molar-refractivity contribution in [1.82, 2.24) is 4.90 Å². The minimum Gasteiger partial charge on any atom is -0.496 e. The van der Waals surface area contributed by atoms with Gasteiger partial charge in [-0.3, -0.25) is 9.69 Å². The average Bonchev–Trinajstić information content (AvgIpc) is 2.29. The van der Waals surface area contributed by atoms with Crippen molar-refractivity contribution in [3.05, 3.63) is 28.8 Å². The molecule has 2 rings (SSSR count). The minimum absolute atomic E-state index is 0.0835. The molecule has 1 aromatic carbocycles. The van der Waals surface area contributed by atoms with Crippen LogP contribution < -0.4 is 4.74 Å². The SMILES string of the molecule is COc1ccc(Cl)cc1C1CCN(C)CC1=O. The Morgan fingerprint density at radius 2 is 2.24 bits per heavy atom. The highest BCUT2D eigenvalue weighted by molar-refractivity contribution is 6.30. The van der Waals surface area contributed by atoms with Crippen LogP contribution in [0.15, 0.2) is 18.2 Å². The second-order valence-corrected chi connectivity index (χ2v) is 4.87. The lowest BCUT2D eigenvalue weighted by molar-refractivity contribution is -0.123. The van der Waals surface area contributed by atoms with Crippen LogP contribution in [0.3, 0.4) is 0 Å². The molecular formula is C13H16ClNO2. The Labute approximate surface area is 106 Å². The third-order valence-electron chi connectivity index (χ3n) is 3.18. The Hall–Kier alpha value is -1.06. The van der Waals surface area contributed by atoms with Crippen LogP contribution in [0.5, 0.6) is 5.75 Å². The summed E-state index contributed by atoms with van der Waals surface area (Å²) in [6.07, 6.45) is 0.825. The molecule has 1 fully saturated rings. The Morgan fingerprint density at radius 3 is 2.88 bits per heavy atom. The molecule has 3 nitrogen and oxygen atoms in total. The van der Waals surface area contributed by atoms with Crippen LogP contribution in [0.4, 0.5) is 0 Å². The first-order valence-corrected chi connectivity index (χ1v) is 6.04. The summed E-state index contributed by atoms with van der Waals surface area (Å²) in [5.41, 5.74) is 0.915. The third-order valence-corrected chi connectivity index (χ3v) is 3.42. The predicted octanol–water partition coefficient (Wildman–Crippen LogP) is 2.34. The van der Waals surface area contributed by atoms with Crippen LogP contribution in [0.25, 0.3) is 0 Å². The van der Waals surface area contributed by atoms with Crippen molar-refractivity contribution in [1.29, 1.82) is 0 Å². The number of carbonyl (C=O) groups is 1. The van der Waals surface area contributed by atoms with Crippen LogP contribution >= 0.6 is 11.6 Å². The van der Waals surface area contributed by atoms with E-state index in [0.29, 0.717) is 11.6 Å². The molecule has 17 heavy (non-hydrogen) atoms. The molecule has 1 aromatic rings. The van der Waals surface area contributed by atoms with E-state index in [2.05, 4.69) is 0 Å². The largest absolute Gasteiger partial charge is 0.496 e. The standard InChI is InChI=1S/C13H16ClNO2/c1-15-6-5-10(12(16)8-15)11-7-9(14)3-4-13(11)17-2/h3-4,7,10H,5-6,8H2,1-2H3. The summed E-state index contributed by atoms with van der Waals surface area (Å²) in [4.78, 5) is 14.1. The Balaban J connectivity index is 2.32. The van der Waals surface area contributed by atoms with Gasteiger partial charge < -0.3 is 4.74 Å². The second-order valence-electron chi connectivity index (χ2n) is 4.43. The average molecular weight is 254 g/mol. The first kappa shape index (κ1) is 12.4. The molecule has 1 aliphatic rings. The van der Waals surface area contributed by atoms with Gasteiger partial charge in [0.25, 0.3) is 0 Å². The summed E-state index contributed by atoms with van der Waals surface area (Å²) in [5.74, 6) is 0.900. The van der Waals surface area contributed by atoms with Gasteiger partial charge in [0, 0.05) is 16.5 Å². The summed E-state index contributed by atoms with van der Waals surface area (Å²) in [5, 5.41) is 0.646. The summed E-state index contributed by atoms with van der Waals surface area (Å²) in [7, 11) is 3.58. The number of hydrogen-bond acceptors (Lipinski definition) is 3. The van der Waals surface area contributed by atoms with Crippen molar-refractivity contribution in [2.45, 2.75) is 12.3 Å². The molecule has 1 atom stereocenters. The van der Waals surface area contributed by atoms with E-state index in [9.17, 15) is 4.79 Å². The lowest BCUT2D eigenvalue weighted by Gasteiger charge is -2.28. The molecule has 0 bridgehead atoms. The smallest absolute Gasteiger partial charge is 0.154 e. The number of rotatable bonds is 2. The number of halogens is 1. The molecule has 1 saturated heterocycles. The monoisotopic (exact) mass is 253 g/mol. The minimum atomic E-state index is -0.0835. The lowest BCUT2D eigenvalue weighted by atomic mass is 9.88. The fourth-order valence-corrected chi connectivity index (χ4v) is 2.45. The summed E-state index contributed by atoms with van der Waals surface area (Å²) >= 11 is 5.99.